The van der Waals surface area contributed by atoms with Crippen molar-refractivity contribution in [3.63, 3.8) is 0 Å². The van der Waals surface area contributed by atoms with Gasteiger partial charge in [0.25, 0.3) is 0 Å². The highest BCUT2D eigenvalue weighted by atomic mass is 16.5. The minimum absolute atomic E-state index is 0.657. The van der Waals surface area contributed by atoms with Gasteiger partial charge in [0.2, 0.25) is 0 Å². The molecular weight excluding hydrogens is 252 g/mol. The lowest BCUT2D eigenvalue weighted by atomic mass is 10.0. The Balaban J connectivity index is 2.08. The SMILES string of the molecule is CCOCCc1c(-c2ccccc2)ncn2ncnc12. The molecule has 0 radical (unpaired) electrons. The predicted molar refractivity (Wildman–Crippen MR) is 76.4 cm³/mol. The van der Waals surface area contributed by atoms with E-state index < -0.39 is 0 Å². The summed E-state index contributed by atoms with van der Waals surface area (Å²) in [7, 11) is 0. The average Bonchev–Trinajstić information content (AvgIpc) is 2.97. The first-order valence-corrected chi connectivity index (χ1v) is 6.70. The number of fused-ring (bicyclic) bond motifs is 1. The molecule has 5 nitrogen and oxygen atoms in total. The van der Waals surface area contributed by atoms with Crippen molar-refractivity contribution >= 4 is 5.65 Å². The van der Waals surface area contributed by atoms with Crippen LogP contribution in [0.3, 0.4) is 0 Å². The lowest BCUT2D eigenvalue weighted by molar-refractivity contribution is 0.151. The first-order valence-electron chi connectivity index (χ1n) is 6.70. The maximum Gasteiger partial charge on any atom is 0.162 e. The highest BCUT2D eigenvalue weighted by Gasteiger charge is 2.12. The van der Waals surface area contributed by atoms with Gasteiger partial charge in [-0.25, -0.2) is 14.5 Å². The number of rotatable bonds is 5. The maximum absolute atomic E-state index is 5.47. The van der Waals surface area contributed by atoms with Crippen LogP contribution in [0.2, 0.25) is 0 Å². The van der Waals surface area contributed by atoms with Crippen molar-refractivity contribution in [3.8, 4) is 11.3 Å². The Kier molecular flexibility index (Phi) is 3.69. The van der Waals surface area contributed by atoms with Crippen LogP contribution in [0.25, 0.3) is 16.9 Å². The third-order valence-corrected chi connectivity index (χ3v) is 3.17. The molecule has 0 aliphatic heterocycles. The van der Waals surface area contributed by atoms with Crippen molar-refractivity contribution in [2.45, 2.75) is 13.3 Å². The van der Waals surface area contributed by atoms with Crippen LogP contribution in [-0.2, 0) is 11.2 Å². The molecule has 20 heavy (non-hydrogen) atoms. The summed E-state index contributed by atoms with van der Waals surface area (Å²) < 4.78 is 7.17. The molecule has 3 aromatic rings. The standard InChI is InChI=1S/C15H16N4O/c1-2-20-9-8-13-14(12-6-4-3-5-7-12)17-11-19-15(13)16-10-18-19/h3-7,10-11H,2,8-9H2,1H3. The fourth-order valence-electron chi connectivity index (χ4n) is 2.24. The highest BCUT2D eigenvalue weighted by Crippen LogP contribution is 2.23. The minimum atomic E-state index is 0.657. The molecule has 5 heteroatoms. The van der Waals surface area contributed by atoms with Gasteiger partial charge in [-0.15, -0.1) is 0 Å². The van der Waals surface area contributed by atoms with Crippen LogP contribution in [0.5, 0.6) is 0 Å². The lowest BCUT2D eigenvalue weighted by Gasteiger charge is -2.09. The monoisotopic (exact) mass is 268 g/mol. The van der Waals surface area contributed by atoms with Crippen LogP contribution in [-0.4, -0.2) is 32.8 Å². The molecule has 1 aromatic carbocycles. The van der Waals surface area contributed by atoms with Crippen molar-refractivity contribution in [2.24, 2.45) is 0 Å². The molecule has 0 unspecified atom stereocenters. The molecule has 0 saturated carbocycles. The zero-order valence-corrected chi connectivity index (χ0v) is 11.4. The lowest BCUT2D eigenvalue weighted by Crippen LogP contribution is -2.05. The zero-order chi connectivity index (χ0) is 13.8. The molecule has 0 bridgehead atoms. The van der Waals surface area contributed by atoms with Gasteiger partial charge in [-0.3, -0.25) is 0 Å². The summed E-state index contributed by atoms with van der Waals surface area (Å²) in [4.78, 5) is 8.87. The van der Waals surface area contributed by atoms with E-state index in [1.807, 2.05) is 25.1 Å². The summed E-state index contributed by atoms with van der Waals surface area (Å²) in [6, 6.07) is 10.1. The van der Waals surface area contributed by atoms with Gasteiger partial charge in [-0.05, 0) is 6.92 Å². The molecule has 0 atom stereocenters. The molecule has 0 N–H and O–H groups in total. The highest BCUT2D eigenvalue weighted by molar-refractivity contribution is 5.69. The number of ether oxygens (including phenoxy) is 1. The Bertz CT molecular complexity index is 693. The molecule has 0 amide bonds. The fourth-order valence-corrected chi connectivity index (χ4v) is 2.24. The Hall–Kier alpha value is -2.27. The fraction of sp³-hybridized carbons (Fsp3) is 0.267. The second kappa shape index (κ2) is 5.79. The van der Waals surface area contributed by atoms with Crippen LogP contribution in [0.1, 0.15) is 12.5 Å². The van der Waals surface area contributed by atoms with Gasteiger partial charge in [-0.2, -0.15) is 5.10 Å². The van der Waals surface area contributed by atoms with E-state index in [4.69, 9.17) is 4.74 Å². The largest absolute Gasteiger partial charge is 0.381 e. The van der Waals surface area contributed by atoms with E-state index in [-0.39, 0.29) is 0 Å². The van der Waals surface area contributed by atoms with E-state index >= 15 is 0 Å². The summed E-state index contributed by atoms with van der Waals surface area (Å²) in [5, 5.41) is 4.14. The molecule has 0 spiro atoms. The summed E-state index contributed by atoms with van der Waals surface area (Å²) in [6.07, 6.45) is 4.03. The Labute approximate surface area is 117 Å². The van der Waals surface area contributed by atoms with Crippen LogP contribution < -0.4 is 0 Å². The summed E-state index contributed by atoms with van der Waals surface area (Å²) in [5.41, 5.74) is 3.96. The third kappa shape index (κ3) is 2.40. The second-order valence-electron chi connectivity index (χ2n) is 4.41. The second-order valence-corrected chi connectivity index (χ2v) is 4.41. The van der Waals surface area contributed by atoms with Crippen molar-refractivity contribution in [1.29, 1.82) is 0 Å². The van der Waals surface area contributed by atoms with Crippen LogP contribution >= 0.6 is 0 Å². The van der Waals surface area contributed by atoms with Gasteiger partial charge in [0.05, 0.1) is 12.3 Å². The van der Waals surface area contributed by atoms with Gasteiger partial charge in [0, 0.05) is 24.2 Å². The van der Waals surface area contributed by atoms with Crippen LogP contribution in [0, 0.1) is 0 Å². The molecule has 0 fully saturated rings. The van der Waals surface area contributed by atoms with Crippen LogP contribution in [0.15, 0.2) is 43.0 Å². The van der Waals surface area contributed by atoms with Crippen molar-refractivity contribution in [2.75, 3.05) is 13.2 Å². The van der Waals surface area contributed by atoms with Gasteiger partial charge in [0.1, 0.15) is 12.7 Å². The quantitative estimate of drug-likeness (QED) is 0.667. The van der Waals surface area contributed by atoms with Gasteiger partial charge < -0.3 is 4.74 Å². The van der Waals surface area contributed by atoms with E-state index in [9.17, 15) is 0 Å². The topological polar surface area (TPSA) is 52.3 Å². The van der Waals surface area contributed by atoms with Crippen molar-refractivity contribution in [3.05, 3.63) is 48.5 Å². The third-order valence-electron chi connectivity index (χ3n) is 3.17. The maximum atomic E-state index is 5.47. The first kappa shape index (κ1) is 12.7. The Morgan fingerprint density at radius 2 is 2.00 bits per heavy atom. The number of hydrogen-bond acceptors (Lipinski definition) is 4. The average molecular weight is 268 g/mol. The molecule has 2 heterocycles. The van der Waals surface area contributed by atoms with Gasteiger partial charge in [0.15, 0.2) is 5.65 Å². The predicted octanol–water partition coefficient (Wildman–Crippen LogP) is 2.37. The number of nitrogens with zero attached hydrogens (tertiary/aromatic N) is 4. The zero-order valence-electron chi connectivity index (χ0n) is 11.4. The Morgan fingerprint density at radius 3 is 2.80 bits per heavy atom. The first-order chi connectivity index (χ1) is 9.90. The number of hydrogen-bond donors (Lipinski definition) is 0. The molecule has 0 aliphatic carbocycles. The summed E-state index contributed by atoms with van der Waals surface area (Å²) in [6.45, 7) is 3.36. The van der Waals surface area contributed by atoms with E-state index in [1.165, 1.54) is 0 Å². The van der Waals surface area contributed by atoms with Crippen molar-refractivity contribution < 1.29 is 4.74 Å². The van der Waals surface area contributed by atoms with Gasteiger partial charge in [-0.1, -0.05) is 30.3 Å². The normalized spacial score (nSPS) is 11.1. The molecule has 0 aliphatic rings. The Morgan fingerprint density at radius 1 is 1.15 bits per heavy atom. The summed E-state index contributed by atoms with van der Waals surface area (Å²) in [5.74, 6) is 0. The molecular formula is C15H16N4O. The van der Waals surface area contributed by atoms with Crippen LogP contribution in [0.4, 0.5) is 0 Å². The molecule has 3 rings (SSSR count). The van der Waals surface area contributed by atoms with E-state index in [2.05, 4.69) is 27.2 Å². The van der Waals surface area contributed by atoms with Crippen molar-refractivity contribution in [1.82, 2.24) is 19.6 Å². The van der Waals surface area contributed by atoms with Gasteiger partial charge >= 0.3 is 0 Å². The number of benzene rings is 1. The smallest absolute Gasteiger partial charge is 0.162 e. The molecule has 2 aromatic heterocycles. The van der Waals surface area contributed by atoms with E-state index in [0.717, 1.165) is 28.9 Å². The summed E-state index contributed by atoms with van der Waals surface area (Å²) >= 11 is 0. The molecule has 102 valence electrons. The minimum Gasteiger partial charge on any atom is -0.381 e. The number of aromatic nitrogens is 4. The van der Waals surface area contributed by atoms with E-state index in [0.29, 0.717) is 13.2 Å². The van der Waals surface area contributed by atoms with E-state index in [1.54, 1.807) is 17.2 Å². The molecule has 0 saturated heterocycles.